The van der Waals surface area contributed by atoms with Gasteiger partial charge in [0.15, 0.2) is 0 Å². The standard InChI is InChI=1S/C24H27FN4O5S/c1-16(30)26-15-19-13-22(27-34-19)18-3-5-23(21(25)12-18)28-7-9-29(10-8-28)35(31,32)20-4-2-17-6-11-33-24(17)14-20/h2-5,12,14,19H,6-11,13,15H2,1H3,(H,26,30). The van der Waals surface area contributed by atoms with Gasteiger partial charge in [-0.2, -0.15) is 4.31 Å². The van der Waals surface area contributed by atoms with Crippen molar-refractivity contribution in [2.75, 3.05) is 44.2 Å². The van der Waals surface area contributed by atoms with E-state index in [1.807, 2.05) is 11.0 Å². The van der Waals surface area contributed by atoms with Crippen molar-refractivity contribution in [2.24, 2.45) is 5.16 Å². The number of fused-ring (bicyclic) bond motifs is 1. The summed E-state index contributed by atoms with van der Waals surface area (Å²) in [5, 5.41) is 6.73. The Kier molecular flexibility index (Phi) is 6.37. The second-order valence-corrected chi connectivity index (χ2v) is 10.8. The Balaban J connectivity index is 1.21. The van der Waals surface area contributed by atoms with E-state index in [1.54, 1.807) is 24.3 Å². The largest absolute Gasteiger partial charge is 0.493 e. The molecule has 11 heteroatoms. The molecule has 3 aliphatic rings. The number of hydrogen-bond donors (Lipinski definition) is 1. The minimum Gasteiger partial charge on any atom is -0.493 e. The Labute approximate surface area is 203 Å². The fraction of sp³-hybridized carbons (Fsp3) is 0.417. The molecule has 0 saturated carbocycles. The number of oxime groups is 1. The fourth-order valence-corrected chi connectivity index (χ4v) is 5.97. The zero-order valence-corrected chi connectivity index (χ0v) is 20.2. The van der Waals surface area contributed by atoms with Gasteiger partial charge in [-0.05, 0) is 23.8 Å². The third-order valence-electron chi connectivity index (χ3n) is 6.48. The van der Waals surface area contributed by atoms with Crippen molar-refractivity contribution in [1.29, 1.82) is 0 Å². The van der Waals surface area contributed by atoms with Gasteiger partial charge in [0.1, 0.15) is 17.7 Å². The number of carbonyl (C=O) groups excluding carboxylic acids is 1. The van der Waals surface area contributed by atoms with E-state index in [4.69, 9.17) is 9.57 Å². The molecule has 1 saturated heterocycles. The molecule has 1 fully saturated rings. The van der Waals surface area contributed by atoms with E-state index in [9.17, 15) is 13.2 Å². The van der Waals surface area contributed by atoms with Crippen molar-refractivity contribution in [3.8, 4) is 5.75 Å². The lowest BCUT2D eigenvalue weighted by Crippen LogP contribution is -2.48. The molecule has 1 amide bonds. The molecule has 0 aliphatic carbocycles. The van der Waals surface area contributed by atoms with Crippen molar-refractivity contribution in [3.63, 3.8) is 0 Å². The molecule has 0 bridgehead atoms. The predicted molar refractivity (Wildman–Crippen MR) is 128 cm³/mol. The summed E-state index contributed by atoms with van der Waals surface area (Å²) in [6.45, 7) is 3.61. The van der Waals surface area contributed by atoms with E-state index < -0.39 is 15.8 Å². The minimum atomic E-state index is -3.66. The lowest BCUT2D eigenvalue weighted by molar-refractivity contribution is -0.119. The van der Waals surface area contributed by atoms with E-state index in [1.165, 1.54) is 17.3 Å². The number of amides is 1. The topological polar surface area (TPSA) is 101 Å². The number of benzene rings is 2. The maximum atomic E-state index is 15.0. The van der Waals surface area contributed by atoms with Gasteiger partial charge in [0, 0.05) is 57.6 Å². The van der Waals surface area contributed by atoms with Crippen LogP contribution in [0.2, 0.25) is 0 Å². The average molecular weight is 503 g/mol. The molecular weight excluding hydrogens is 475 g/mol. The number of anilines is 1. The van der Waals surface area contributed by atoms with Crippen LogP contribution in [0.1, 0.15) is 24.5 Å². The van der Waals surface area contributed by atoms with Gasteiger partial charge in [0.2, 0.25) is 15.9 Å². The highest BCUT2D eigenvalue weighted by Crippen LogP contribution is 2.30. The van der Waals surface area contributed by atoms with Gasteiger partial charge in [-0.1, -0.05) is 17.3 Å². The molecule has 1 N–H and O–H groups in total. The Morgan fingerprint density at radius 3 is 2.71 bits per heavy atom. The molecule has 1 unspecified atom stereocenters. The first kappa shape index (κ1) is 23.6. The highest BCUT2D eigenvalue weighted by Gasteiger charge is 2.31. The van der Waals surface area contributed by atoms with E-state index >= 15 is 4.39 Å². The molecule has 1 atom stereocenters. The highest BCUT2D eigenvalue weighted by atomic mass is 32.2. The van der Waals surface area contributed by atoms with Crippen molar-refractivity contribution >= 4 is 27.3 Å². The van der Waals surface area contributed by atoms with E-state index in [-0.39, 0.29) is 30.0 Å². The summed E-state index contributed by atoms with van der Waals surface area (Å²) >= 11 is 0. The number of piperazine rings is 1. The molecule has 2 aromatic rings. The number of halogens is 1. The van der Waals surface area contributed by atoms with Gasteiger partial charge in [-0.25, -0.2) is 12.8 Å². The summed E-state index contributed by atoms with van der Waals surface area (Å²) < 4.78 is 48.2. The Bertz CT molecular complexity index is 1270. The van der Waals surface area contributed by atoms with Gasteiger partial charge in [0.05, 0.1) is 29.4 Å². The van der Waals surface area contributed by atoms with Crippen molar-refractivity contribution in [2.45, 2.75) is 30.8 Å². The number of ether oxygens (including phenoxy) is 1. The van der Waals surface area contributed by atoms with Crippen LogP contribution in [0, 0.1) is 5.82 Å². The third-order valence-corrected chi connectivity index (χ3v) is 8.37. The lowest BCUT2D eigenvalue weighted by atomic mass is 10.0. The summed E-state index contributed by atoms with van der Waals surface area (Å²) in [6, 6.07) is 9.93. The smallest absolute Gasteiger partial charge is 0.243 e. The maximum absolute atomic E-state index is 15.0. The first-order valence-corrected chi connectivity index (χ1v) is 13.0. The van der Waals surface area contributed by atoms with E-state index in [0.717, 1.165) is 12.0 Å². The molecule has 35 heavy (non-hydrogen) atoms. The number of nitrogens with one attached hydrogen (secondary N) is 1. The SMILES string of the molecule is CC(=O)NCC1CC(c2ccc(N3CCN(S(=O)(=O)c4ccc5c(c4)OCC5)CC3)c(F)c2)=NO1. The van der Waals surface area contributed by atoms with Crippen molar-refractivity contribution < 1.29 is 27.2 Å². The zero-order valence-electron chi connectivity index (χ0n) is 19.4. The first-order valence-electron chi connectivity index (χ1n) is 11.6. The van der Waals surface area contributed by atoms with Crippen LogP contribution < -0.4 is 15.0 Å². The number of carbonyl (C=O) groups is 1. The molecule has 186 valence electrons. The summed E-state index contributed by atoms with van der Waals surface area (Å²) in [5.74, 6) is 0.0831. The van der Waals surface area contributed by atoms with Gasteiger partial charge in [0.25, 0.3) is 0 Å². The van der Waals surface area contributed by atoms with E-state index in [0.29, 0.717) is 55.4 Å². The second-order valence-electron chi connectivity index (χ2n) is 8.83. The molecule has 0 spiro atoms. The van der Waals surface area contributed by atoms with Gasteiger partial charge in [-0.15, -0.1) is 0 Å². The van der Waals surface area contributed by atoms with Gasteiger partial charge in [-0.3, -0.25) is 4.79 Å². The number of nitrogens with zero attached hydrogens (tertiary/aromatic N) is 3. The molecule has 3 heterocycles. The average Bonchev–Trinajstić information content (AvgIpc) is 3.52. The molecule has 9 nitrogen and oxygen atoms in total. The predicted octanol–water partition coefficient (Wildman–Crippen LogP) is 1.90. The molecule has 3 aliphatic heterocycles. The Hall–Kier alpha value is -3.18. The quantitative estimate of drug-likeness (QED) is 0.648. The zero-order chi connectivity index (χ0) is 24.6. The van der Waals surface area contributed by atoms with Crippen LogP contribution in [-0.4, -0.2) is 69.8 Å². The Morgan fingerprint density at radius 2 is 1.97 bits per heavy atom. The summed E-state index contributed by atoms with van der Waals surface area (Å²) in [7, 11) is -3.66. The van der Waals surface area contributed by atoms with Crippen LogP contribution >= 0.6 is 0 Å². The van der Waals surface area contributed by atoms with Crippen LogP contribution in [0.5, 0.6) is 5.75 Å². The molecule has 0 radical (unpaired) electrons. The number of rotatable bonds is 6. The first-order chi connectivity index (χ1) is 16.8. The van der Waals surface area contributed by atoms with Crippen molar-refractivity contribution in [1.82, 2.24) is 9.62 Å². The van der Waals surface area contributed by atoms with Gasteiger partial charge >= 0.3 is 0 Å². The summed E-state index contributed by atoms with van der Waals surface area (Å²) in [4.78, 5) is 18.5. The fourth-order valence-electron chi connectivity index (χ4n) is 4.53. The highest BCUT2D eigenvalue weighted by molar-refractivity contribution is 7.89. The van der Waals surface area contributed by atoms with Crippen molar-refractivity contribution in [3.05, 3.63) is 53.3 Å². The second kappa shape index (κ2) is 9.46. The monoisotopic (exact) mass is 502 g/mol. The lowest BCUT2D eigenvalue weighted by Gasteiger charge is -2.35. The normalized spacial score (nSPS) is 20.1. The summed E-state index contributed by atoms with van der Waals surface area (Å²) in [6.07, 6.45) is 0.990. The number of hydrogen-bond acceptors (Lipinski definition) is 7. The summed E-state index contributed by atoms with van der Waals surface area (Å²) in [5.41, 5.74) is 2.69. The third kappa shape index (κ3) is 4.83. The number of sulfonamides is 1. The Morgan fingerprint density at radius 1 is 1.17 bits per heavy atom. The van der Waals surface area contributed by atoms with Crippen LogP contribution in [0.25, 0.3) is 0 Å². The van der Waals surface area contributed by atoms with Crippen LogP contribution in [0.3, 0.4) is 0 Å². The van der Waals surface area contributed by atoms with Crippen LogP contribution in [0.15, 0.2) is 46.4 Å². The maximum Gasteiger partial charge on any atom is 0.243 e. The molecular formula is C24H27FN4O5S. The van der Waals surface area contributed by atoms with Gasteiger partial charge < -0.3 is 19.8 Å². The van der Waals surface area contributed by atoms with E-state index in [2.05, 4.69) is 10.5 Å². The van der Waals surface area contributed by atoms with Crippen LogP contribution in [0.4, 0.5) is 10.1 Å². The molecule has 0 aromatic heterocycles. The van der Waals surface area contributed by atoms with Crippen LogP contribution in [-0.2, 0) is 26.1 Å². The molecule has 5 rings (SSSR count). The molecule has 2 aromatic carbocycles. The minimum absolute atomic E-state index is 0.147.